The summed E-state index contributed by atoms with van der Waals surface area (Å²) in [6.07, 6.45) is 3.44. The largest absolute Gasteiger partial charge is 0.353 e. The molecule has 0 saturated carbocycles. The molecule has 0 radical (unpaired) electrons. The van der Waals surface area contributed by atoms with Crippen molar-refractivity contribution in [2.24, 2.45) is 0 Å². The minimum atomic E-state index is 0.447. The van der Waals surface area contributed by atoms with Crippen LogP contribution < -0.4 is 5.32 Å². The van der Waals surface area contributed by atoms with Gasteiger partial charge in [0.05, 0.1) is 6.10 Å². The van der Waals surface area contributed by atoms with Gasteiger partial charge >= 0.3 is 0 Å². The van der Waals surface area contributed by atoms with Crippen molar-refractivity contribution in [2.45, 2.75) is 32.1 Å². The highest BCUT2D eigenvalue weighted by Crippen LogP contribution is 2.25. The average Bonchev–Trinajstić information content (AvgIpc) is 2.65. The molecule has 2 aliphatic rings. The van der Waals surface area contributed by atoms with E-state index in [0.29, 0.717) is 12.3 Å². The Bertz CT molecular complexity index is 143. The Balaban J connectivity index is 1.78. The molecule has 3 heteroatoms. The zero-order valence-corrected chi connectivity index (χ0v) is 7.75. The summed E-state index contributed by atoms with van der Waals surface area (Å²) in [5, 5.41) is 3.41. The van der Waals surface area contributed by atoms with E-state index in [-0.39, 0.29) is 0 Å². The topological polar surface area (TPSA) is 27.8 Å². The van der Waals surface area contributed by atoms with E-state index < -0.39 is 0 Å². The zero-order valence-electron chi connectivity index (χ0n) is 7.75. The molecule has 0 aromatic heterocycles. The normalized spacial score (nSPS) is 38.8. The summed E-state index contributed by atoms with van der Waals surface area (Å²) >= 11 is 0. The van der Waals surface area contributed by atoms with Crippen LogP contribution in [0.15, 0.2) is 0 Å². The summed E-state index contributed by atoms with van der Waals surface area (Å²) in [4.78, 5) is 2.48. The maximum Gasteiger partial charge on any atom is 0.137 e. The highest BCUT2D eigenvalue weighted by Gasteiger charge is 2.39. The second-order valence-electron chi connectivity index (χ2n) is 3.72. The van der Waals surface area contributed by atoms with Crippen LogP contribution in [-0.4, -0.2) is 43.4 Å². The van der Waals surface area contributed by atoms with Gasteiger partial charge in [-0.15, -0.1) is 0 Å². The van der Waals surface area contributed by atoms with Gasteiger partial charge in [-0.1, -0.05) is 0 Å². The fourth-order valence-corrected chi connectivity index (χ4v) is 1.86. The first kappa shape index (κ1) is 8.48. The molecule has 0 aliphatic carbocycles. The van der Waals surface area contributed by atoms with Gasteiger partial charge in [0.1, 0.15) is 6.23 Å². The van der Waals surface area contributed by atoms with E-state index >= 15 is 0 Å². The zero-order chi connectivity index (χ0) is 8.39. The standard InChI is InChI=1S/C9H18N2O/c1-8-9(12-8)11-6-2-4-10-5-3-7-11/h8-10H,2-7H2,1H3. The Kier molecular flexibility index (Phi) is 2.63. The van der Waals surface area contributed by atoms with Crippen molar-refractivity contribution in [2.75, 3.05) is 26.2 Å². The van der Waals surface area contributed by atoms with E-state index in [2.05, 4.69) is 17.1 Å². The van der Waals surface area contributed by atoms with E-state index in [9.17, 15) is 0 Å². The highest BCUT2D eigenvalue weighted by atomic mass is 16.6. The second kappa shape index (κ2) is 3.73. The molecule has 2 aliphatic heterocycles. The van der Waals surface area contributed by atoms with Gasteiger partial charge in [0.15, 0.2) is 0 Å². The van der Waals surface area contributed by atoms with Crippen molar-refractivity contribution in [3.05, 3.63) is 0 Å². The number of ether oxygens (including phenoxy) is 1. The van der Waals surface area contributed by atoms with Crippen LogP contribution >= 0.6 is 0 Å². The third-order valence-corrected chi connectivity index (χ3v) is 2.64. The van der Waals surface area contributed by atoms with Crippen LogP contribution in [0.3, 0.4) is 0 Å². The second-order valence-corrected chi connectivity index (χ2v) is 3.72. The summed E-state index contributed by atoms with van der Waals surface area (Å²) < 4.78 is 5.46. The first-order valence-electron chi connectivity index (χ1n) is 4.98. The van der Waals surface area contributed by atoms with Crippen LogP contribution in [0.4, 0.5) is 0 Å². The molecule has 0 amide bonds. The third kappa shape index (κ3) is 1.97. The molecule has 2 heterocycles. The minimum absolute atomic E-state index is 0.447. The highest BCUT2D eigenvalue weighted by molar-refractivity contribution is 4.82. The lowest BCUT2D eigenvalue weighted by molar-refractivity contribution is 0.165. The Morgan fingerprint density at radius 3 is 2.33 bits per heavy atom. The molecule has 0 aromatic carbocycles. The van der Waals surface area contributed by atoms with Gasteiger partial charge < -0.3 is 10.1 Å². The van der Waals surface area contributed by atoms with E-state index in [1.165, 1.54) is 25.9 Å². The molecule has 0 aromatic rings. The van der Waals surface area contributed by atoms with Crippen molar-refractivity contribution < 1.29 is 4.74 Å². The summed E-state index contributed by atoms with van der Waals surface area (Å²) in [7, 11) is 0. The maximum atomic E-state index is 5.46. The van der Waals surface area contributed by atoms with Gasteiger partial charge in [-0.25, -0.2) is 0 Å². The van der Waals surface area contributed by atoms with Gasteiger partial charge in [0.2, 0.25) is 0 Å². The van der Waals surface area contributed by atoms with Gasteiger partial charge in [-0.3, -0.25) is 4.90 Å². The van der Waals surface area contributed by atoms with Gasteiger partial charge in [-0.2, -0.15) is 0 Å². The molecule has 3 nitrogen and oxygen atoms in total. The number of epoxide rings is 1. The molecule has 12 heavy (non-hydrogen) atoms. The van der Waals surface area contributed by atoms with Crippen LogP contribution in [0.25, 0.3) is 0 Å². The van der Waals surface area contributed by atoms with Crippen molar-refractivity contribution in [3.63, 3.8) is 0 Å². The number of hydrogen-bond donors (Lipinski definition) is 1. The van der Waals surface area contributed by atoms with Crippen LogP contribution in [0.2, 0.25) is 0 Å². The number of nitrogens with zero attached hydrogens (tertiary/aromatic N) is 1. The lowest BCUT2D eigenvalue weighted by atomic mass is 10.2. The summed E-state index contributed by atoms with van der Waals surface area (Å²) in [6.45, 7) is 6.88. The quantitative estimate of drug-likeness (QED) is 0.578. The van der Waals surface area contributed by atoms with Gasteiger partial charge in [0, 0.05) is 13.1 Å². The number of rotatable bonds is 1. The van der Waals surface area contributed by atoms with Gasteiger partial charge in [0.25, 0.3) is 0 Å². The maximum absolute atomic E-state index is 5.46. The summed E-state index contributed by atoms with van der Waals surface area (Å²) in [5.41, 5.74) is 0. The molecular formula is C9H18N2O. The average molecular weight is 170 g/mol. The molecule has 1 N–H and O–H groups in total. The molecule has 2 rings (SSSR count). The minimum Gasteiger partial charge on any atom is -0.353 e. The smallest absolute Gasteiger partial charge is 0.137 e. The molecule has 2 saturated heterocycles. The Hall–Kier alpha value is -0.120. The van der Waals surface area contributed by atoms with E-state index in [1.54, 1.807) is 0 Å². The van der Waals surface area contributed by atoms with Crippen molar-refractivity contribution >= 4 is 0 Å². The van der Waals surface area contributed by atoms with Crippen molar-refractivity contribution in [3.8, 4) is 0 Å². The van der Waals surface area contributed by atoms with Crippen LogP contribution in [-0.2, 0) is 4.74 Å². The van der Waals surface area contributed by atoms with E-state index in [0.717, 1.165) is 13.1 Å². The monoisotopic (exact) mass is 170 g/mol. The molecule has 2 unspecified atom stereocenters. The lowest BCUT2D eigenvalue weighted by Gasteiger charge is -2.22. The Labute approximate surface area is 74.1 Å². The fourth-order valence-electron chi connectivity index (χ4n) is 1.86. The number of nitrogens with one attached hydrogen (secondary N) is 1. The first-order valence-corrected chi connectivity index (χ1v) is 4.98. The van der Waals surface area contributed by atoms with Gasteiger partial charge in [-0.05, 0) is 32.9 Å². The molecule has 0 spiro atoms. The Morgan fingerprint density at radius 1 is 1.25 bits per heavy atom. The Morgan fingerprint density at radius 2 is 1.83 bits per heavy atom. The van der Waals surface area contributed by atoms with Crippen LogP contribution in [0, 0.1) is 0 Å². The van der Waals surface area contributed by atoms with E-state index in [4.69, 9.17) is 4.74 Å². The molecule has 2 fully saturated rings. The summed E-state index contributed by atoms with van der Waals surface area (Å²) in [6, 6.07) is 0. The SMILES string of the molecule is CC1OC1N1CCCNCCC1. The molecular weight excluding hydrogens is 152 g/mol. The van der Waals surface area contributed by atoms with Crippen molar-refractivity contribution in [1.29, 1.82) is 0 Å². The summed E-state index contributed by atoms with van der Waals surface area (Å²) in [5.74, 6) is 0. The first-order chi connectivity index (χ1) is 5.88. The third-order valence-electron chi connectivity index (χ3n) is 2.64. The fraction of sp³-hybridized carbons (Fsp3) is 1.00. The van der Waals surface area contributed by atoms with Crippen LogP contribution in [0.5, 0.6) is 0 Å². The molecule has 0 bridgehead atoms. The molecule has 2 atom stereocenters. The van der Waals surface area contributed by atoms with Crippen molar-refractivity contribution in [1.82, 2.24) is 10.2 Å². The van der Waals surface area contributed by atoms with Crippen LogP contribution in [0.1, 0.15) is 19.8 Å². The number of hydrogen-bond acceptors (Lipinski definition) is 3. The molecule has 70 valence electrons. The lowest BCUT2D eigenvalue weighted by Crippen LogP contribution is -2.36. The predicted octanol–water partition coefficient (Wildman–Crippen LogP) is 0.417. The van der Waals surface area contributed by atoms with E-state index in [1.807, 2.05) is 0 Å². The predicted molar refractivity (Wildman–Crippen MR) is 48.0 cm³/mol.